The summed E-state index contributed by atoms with van der Waals surface area (Å²) in [6.07, 6.45) is -0.799. The summed E-state index contributed by atoms with van der Waals surface area (Å²) in [5.41, 5.74) is -2.44. The minimum Gasteiger partial charge on any atom is -0.469 e. The molecule has 2 rings (SSSR count). The molecule has 1 aliphatic heterocycles. The van der Waals surface area contributed by atoms with Gasteiger partial charge in [0.15, 0.2) is 0 Å². The van der Waals surface area contributed by atoms with E-state index in [9.17, 15) is 26.4 Å². The van der Waals surface area contributed by atoms with Gasteiger partial charge < -0.3 is 14.8 Å². The minimum atomic E-state index is -4.41. The zero-order valence-corrected chi connectivity index (χ0v) is 15.7. The number of anilines is 1. The lowest BCUT2D eigenvalue weighted by atomic mass is 10.1. The van der Waals surface area contributed by atoms with Gasteiger partial charge in [0, 0.05) is 0 Å². The summed E-state index contributed by atoms with van der Waals surface area (Å²) in [5, 5.41) is 7.63. The van der Waals surface area contributed by atoms with E-state index in [-0.39, 0.29) is 0 Å². The number of hydrogen-bond acceptors (Lipinski definition) is 9. The maximum atomic E-state index is 12.7. The van der Waals surface area contributed by atoms with Crippen molar-refractivity contribution in [3.05, 3.63) is 17.7 Å². The summed E-state index contributed by atoms with van der Waals surface area (Å²) in [7, 11) is -6.75. The van der Waals surface area contributed by atoms with Crippen LogP contribution >= 0.6 is 0 Å². The van der Waals surface area contributed by atoms with Crippen molar-refractivity contribution in [2.45, 2.75) is 28.8 Å². The van der Waals surface area contributed by atoms with E-state index < -0.39 is 59.5 Å². The molecular formula is C13H17N3O8S2. The Bertz CT molecular complexity index is 970. The standard InChI is InChI=1S/C13H17N3O8S2/c1-7-4-8(25(14,19)20)11-9(5-7)26(21,22)16-13(15-11,12(18)24-3)6-10(17)23-2/h4-5,15-16H,6H2,1-3H3,(H2,14,19,20). The Morgan fingerprint density at radius 2 is 1.85 bits per heavy atom. The van der Waals surface area contributed by atoms with E-state index in [1.807, 2.05) is 4.72 Å². The first-order chi connectivity index (χ1) is 11.9. The Labute approximate surface area is 149 Å². The van der Waals surface area contributed by atoms with Gasteiger partial charge in [0.1, 0.15) is 9.79 Å². The number of rotatable bonds is 4. The average molecular weight is 407 g/mol. The zero-order valence-electron chi connectivity index (χ0n) is 14.0. The molecule has 0 bridgehead atoms. The number of carbonyl (C=O) groups excluding carboxylic acids is 2. The van der Waals surface area contributed by atoms with Gasteiger partial charge in [-0.2, -0.15) is 4.72 Å². The first-order valence-corrected chi connectivity index (χ1v) is 10.0. The Kier molecular flexibility index (Phi) is 5.02. The molecule has 13 heteroatoms. The van der Waals surface area contributed by atoms with Gasteiger partial charge in [-0.1, -0.05) is 0 Å². The van der Waals surface area contributed by atoms with Gasteiger partial charge in [-0.25, -0.2) is 26.8 Å². The monoisotopic (exact) mass is 407 g/mol. The lowest BCUT2D eigenvalue weighted by Crippen LogP contribution is -2.64. The van der Waals surface area contributed by atoms with Crippen molar-refractivity contribution in [3.8, 4) is 0 Å². The summed E-state index contributed by atoms with van der Waals surface area (Å²) in [6.45, 7) is 1.47. The Morgan fingerprint density at radius 3 is 2.35 bits per heavy atom. The van der Waals surface area contributed by atoms with Crippen molar-refractivity contribution in [1.29, 1.82) is 0 Å². The molecule has 4 N–H and O–H groups in total. The first kappa shape index (κ1) is 20.1. The maximum Gasteiger partial charge on any atom is 0.348 e. The normalized spacial score (nSPS) is 21.2. The van der Waals surface area contributed by atoms with Gasteiger partial charge in [0.05, 0.1) is 26.3 Å². The Morgan fingerprint density at radius 1 is 1.23 bits per heavy atom. The highest BCUT2D eigenvalue weighted by Gasteiger charge is 2.51. The smallest absolute Gasteiger partial charge is 0.348 e. The highest BCUT2D eigenvalue weighted by molar-refractivity contribution is 7.90. The molecule has 0 radical (unpaired) electrons. The summed E-state index contributed by atoms with van der Waals surface area (Å²) >= 11 is 0. The van der Waals surface area contributed by atoms with Gasteiger partial charge in [-0.05, 0) is 24.6 Å². The van der Waals surface area contributed by atoms with Gasteiger partial charge in [0.2, 0.25) is 25.7 Å². The number of esters is 2. The van der Waals surface area contributed by atoms with Crippen LogP contribution in [0.2, 0.25) is 0 Å². The third-order valence-corrected chi connectivity index (χ3v) is 6.08. The van der Waals surface area contributed by atoms with E-state index in [2.05, 4.69) is 14.8 Å². The summed E-state index contributed by atoms with van der Waals surface area (Å²) < 4.78 is 60.2. The van der Waals surface area contributed by atoms with Crippen molar-refractivity contribution in [2.75, 3.05) is 19.5 Å². The Balaban J connectivity index is 2.82. The number of benzene rings is 1. The fourth-order valence-corrected chi connectivity index (χ4v) is 4.92. The molecule has 1 unspecified atom stereocenters. The van der Waals surface area contributed by atoms with Gasteiger partial charge >= 0.3 is 11.9 Å². The fraction of sp³-hybridized carbons (Fsp3) is 0.385. The molecule has 1 aromatic rings. The summed E-state index contributed by atoms with van der Waals surface area (Å²) in [6, 6.07) is 2.33. The summed E-state index contributed by atoms with van der Waals surface area (Å²) in [5.74, 6) is -2.11. The second kappa shape index (κ2) is 6.50. The molecule has 0 saturated heterocycles. The summed E-state index contributed by atoms with van der Waals surface area (Å²) in [4.78, 5) is 23.0. The maximum absolute atomic E-state index is 12.7. The lowest BCUT2D eigenvalue weighted by Gasteiger charge is -2.37. The fourth-order valence-electron chi connectivity index (χ4n) is 2.51. The van der Waals surface area contributed by atoms with Crippen molar-refractivity contribution >= 4 is 37.7 Å². The largest absolute Gasteiger partial charge is 0.469 e. The van der Waals surface area contributed by atoms with Crippen LogP contribution in [0.15, 0.2) is 21.9 Å². The number of methoxy groups -OCH3 is 2. The third-order valence-electron chi connectivity index (χ3n) is 3.62. The quantitative estimate of drug-likeness (QED) is 0.517. The topological polar surface area (TPSA) is 171 Å². The van der Waals surface area contributed by atoms with Crippen molar-refractivity contribution in [2.24, 2.45) is 5.14 Å². The van der Waals surface area contributed by atoms with Crippen LogP contribution < -0.4 is 15.2 Å². The van der Waals surface area contributed by atoms with Crippen LogP contribution in [-0.2, 0) is 39.1 Å². The highest BCUT2D eigenvalue weighted by Crippen LogP contribution is 2.37. The van der Waals surface area contributed by atoms with Crippen LogP contribution in [-0.4, -0.2) is 48.7 Å². The first-order valence-electron chi connectivity index (χ1n) is 7.01. The van der Waals surface area contributed by atoms with Crippen LogP contribution in [0, 0.1) is 6.92 Å². The number of sulfonamides is 2. The number of fused-ring (bicyclic) bond motifs is 1. The van der Waals surface area contributed by atoms with Crippen LogP contribution in [0.1, 0.15) is 12.0 Å². The molecule has 0 amide bonds. The number of aryl methyl sites for hydroxylation is 1. The molecule has 0 aliphatic carbocycles. The van der Waals surface area contributed by atoms with E-state index in [4.69, 9.17) is 5.14 Å². The average Bonchev–Trinajstić information content (AvgIpc) is 2.52. The van der Waals surface area contributed by atoms with E-state index in [0.717, 1.165) is 20.3 Å². The number of nitrogens with one attached hydrogen (secondary N) is 2. The van der Waals surface area contributed by atoms with E-state index in [1.165, 1.54) is 13.0 Å². The molecule has 0 fully saturated rings. The second-order valence-electron chi connectivity index (χ2n) is 5.56. The highest BCUT2D eigenvalue weighted by atomic mass is 32.2. The molecule has 1 aliphatic rings. The van der Waals surface area contributed by atoms with Crippen molar-refractivity contribution in [1.82, 2.24) is 4.72 Å². The van der Waals surface area contributed by atoms with Crippen molar-refractivity contribution < 1.29 is 35.9 Å². The molecule has 0 aromatic heterocycles. The van der Waals surface area contributed by atoms with E-state index in [1.54, 1.807) is 0 Å². The van der Waals surface area contributed by atoms with Crippen molar-refractivity contribution in [3.63, 3.8) is 0 Å². The zero-order chi connectivity index (χ0) is 19.9. The third kappa shape index (κ3) is 3.51. The number of hydrogen-bond donors (Lipinski definition) is 3. The number of nitrogens with two attached hydrogens (primary N) is 1. The molecular weight excluding hydrogens is 390 g/mol. The van der Waals surface area contributed by atoms with E-state index >= 15 is 0 Å². The van der Waals surface area contributed by atoms with Crippen LogP contribution in [0.4, 0.5) is 5.69 Å². The van der Waals surface area contributed by atoms with Crippen LogP contribution in [0.3, 0.4) is 0 Å². The van der Waals surface area contributed by atoms with Gasteiger partial charge in [0.25, 0.3) is 0 Å². The molecule has 0 spiro atoms. The lowest BCUT2D eigenvalue weighted by molar-refractivity contribution is -0.153. The molecule has 0 saturated carbocycles. The molecule has 1 heterocycles. The van der Waals surface area contributed by atoms with Gasteiger partial charge in [-0.15, -0.1) is 0 Å². The molecule has 1 atom stereocenters. The molecule has 1 aromatic carbocycles. The molecule has 144 valence electrons. The van der Waals surface area contributed by atoms with E-state index in [0.29, 0.717) is 5.56 Å². The second-order valence-corrected chi connectivity index (χ2v) is 8.74. The molecule has 11 nitrogen and oxygen atoms in total. The number of ether oxygens (including phenoxy) is 2. The SMILES string of the molecule is COC(=O)CC1(C(=O)OC)Nc2c(S(N)(=O)=O)cc(C)cc2S(=O)(=O)N1. The number of carbonyl (C=O) groups is 2. The van der Waals surface area contributed by atoms with Gasteiger partial charge in [-0.3, -0.25) is 4.79 Å². The predicted molar refractivity (Wildman–Crippen MR) is 87.9 cm³/mol. The minimum absolute atomic E-state index is 0.304. The molecule has 26 heavy (non-hydrogen) atoms. The number of primary sulfonamides is 1. The van der Waals surface area contributed by atoms with Crippen LogP contribution in [0.5, 0.6) is 0 Å². The Hall–Kier alpha value is -2.22. The predicted octanol–water partition coefficient (Wildman–Crippen LogP) is -1.22. The van der Waals surface area contributed by atoms with Crippen LogP contribution in [0.25, 0.3) is 0 Å².